The van der Waals surface area contributed by atoms with Crippen molar-refractivity contribution in [3.05, 3.63) is 0 Å². The van der Waals surface area contributed by atoms with E-state index in [2.05, 4.69) is 0 Å². The number of hydrogen-bond acceptors (Lipinski definition) is 3. The lowest BCUT2D eigenvalue weighted by atomic mass is 9.89. The molecule has 2 N–H and O–H groups in total. The molecule has 3 atom stereocenters. The van der Waals surface area contributed by atoms with Crippen LogP contribution >= 0.6 is 0 Å². The number of hydrogen-bond donors (Lipinski definition) is 2. The van der Waals surface area contributed by atoms with Crippen LogP contribution in [0.3, 0.4) is 0 Å². The summed E-state index contributed by atoms with van der Waals surface area (Å²) >= 11 is 0. The minimum Gasteiger partial charge on any atom is -0.481 e. The third-order valence-corrected chi connectivity index (χ3v) is 3.20. The summed E-state index contributed by atoms with van der Waals surface area (Å²) in [5, 5.41) is 17.8. The summed E-state index contributed by atoms with van der Waals surface area (Å²) in [4.78, 5) is 34.4. The van der Waals surface area contributed by atoms with Crippen molar-refractivity contribution in [2.45, 2.75) is 31.3 Å². The van der Waals surface area contributed by atoms with Crippen molar-refractivity contribution >= 4 is 17.8 Å². The van der Waals surface area contributed by atoms with Gasteiger partial charge in [0, 0.05) is 12.5 Å². The van der Waals surface area contributed by atoms with E-state index >= 15 is 0 Å². The van der Waals surface area contributed by atoms with E-state index in [9.17, 15) is 14.4 Å². The van der Waals surface area contributed by atoms with Crippen LogP contribution in [-0.2, 0) is 9.59 Å². The highest BCUT2D eigenvalue weighted by atomic mass is 16.4. The Bertz CT molecular complexity index is 339. The van der Waals surface area contributed by atoms with Gasteiger partial charge in [0.05, 0.1) is 6.04 Å². The molecule has 1 amide bonds. The summed E-state index contributed by atoms with van der Waals surface area (Å²) in [7, 11) is 0. The number of nitrogens with zero attached hydrogens (tertiary/aromatic N) is 1. The monoisotopic (exact) mass is 213 g/mol. The van der Waals surface area contributed by atoms with Crippen molar-refractivity contribution in [2.24, 2.45) is 5.92 Å². The number of carbonyl (C=O) groups is 3. The molecule has 0 saturated carbocycles. The predicted octanol–water partition coefficient (Wildman–Crippen LogP) is 0.171. The molecule has 15 heavy (non-hydrogen) atoms. The molecule has 2 saturated heterocycles. The van der Waals surface area contributed by atoms with Gasteiger partial charge in [-0.15, -0.1) is 0 Å². The molecule has 2 fully saturated rings. The maximum absolute atomic E-state index is 11.5. The van der Waals surface area contributed by atoms with Crippen LogP contribution in [0.1, 0.15) is 19.3 Å². The molecule has 6 heteroatoms. The number of aliphatic carboxylic acids is 1. The zero-order valence-electron chi connectivity index (χ0n) is 7.92. The Labute approximate surface area is 85.5 Å². The van der Waals surface area contributed by atoms with E-state index < -0.39 is 24.0 Å². The molecular weight excluding hydrogens is 202 g/mol. The minimum absolute atomic E-state index is 0.0414. The van der Waals surface area contributed by atoms with E-state index in [4.69, 9.17) is 10.2 Å². The lowest BCUT2D eigenvalue weighted by molar-refractivity contribution is -0.150. The van der Waals surface area contributed by atoms with Gasteiger partial charge in [-0.1, -0.05) is 0 Å². The summed E-state index contributed by atoms with van der Waals surface area (Å²) in [6, 6.07) is -0.971. The summed E-state index contributed by atoms with van der Waals surface area (Å²) < 4.78 is 0. The number of carboxylic acids is 1. The Kier molecular flexibility index (Phi) is 2.13. The molecule has 0 aromatic carbocycles. The summed E-state index contributed by atoms with van der Waals surface area (Å²) in [5.74, 6) is -2.72. The second kappa shape index (κ2) is 3.22. The zero-order chi connectivity index (χ0) is 11.2. The Balaban J connectivity index is 2.31. The standard InChI is InChI=1S/C9H11NO5/c11-6-3-4-1-2-5(7(6)8(12)13)10(4)9(14)15/h4-5,7H,1-3H2,(H,12,13)(H,14,15). The molecule has 6 nitrogen and oxygen atoms in total. The smallest absolute Gasteiger partial charge is 0.407 e. The molecule has 0 aromatic rings. The molecular formula is C9H11NO5. The summed E-state index contributed by atoms with van der Waals surface area (Å²) in [6.07, 6.45) is -0.0207. The van der Waals surface area contributed by atoms with E-state index in [0.717, 1.165) is 4.90 Å². The molecule has 0 aliphatic carbocycles. The van der Waals surface area contributed by atoms with Crippen LogP contribution in [0.5, 0.6) is 0 Å². The van der Waals surface area contributed by atoms with E-state index in [1.54, 1.807) is 0 Å². The number of piperidine rings is 1. The lowest BCUT2D eigenvalue weighted by Gasteiger charge is -2.35. The number of rotatable bonds is 1. The average Bonchev–Trinajstić information content (AvgIpc) is 2.41. The van der Waals surface area contributed by atoms with Crippen molar-refractivity contribution in [1.82, 2.24) is 4.90 Å². The highest BCUT2D eigenvalue weighted by Crippen LogP contribution is 2.37. The Hall–Kier alpha value is -1.59. The number of carboxylic acid groups (broad SMARTS) is 2. The maximum Gasteiger partial charge on any atom is 0.407 e. The van der Waals surface area contributed by atoms with Crippen LogP contribution in [0.25, 0.3) is 0 Å². The third kappa shape index (κ3) is 1.36. The first kappa shape index (κ1) is 9.95. The quantitative estimate of drug-likeness (QED) is 0.605. The van der Waals surface area contributed by atoms with Crippen molar-refractivity contribution in [3.8, 4) is 0 Å². The van der Waals surface area contributed by atoms with Gasteiger partial charge >= 0.3 is 12.1 Å². The average molecular weight is 213 g/mol. The van der Waals surface area contributed by atoms with Gasteiger partial charge in [-0.2, -0.15) is 0 Å². The molecule has 0 radical (unpaired) electrons. The summed E-state index contributed by atoms with van der Waals surface area (Å²) in [5.41, 5.74) is 0. The SMILES string of the molecule is O=C(O)C1C(=O)CC2CCC1N2C(=O)O. The van der Waals surface area contributed by atoms with Crippen LogP contribution < -0.4 is 0 Å². The molecule has 2 rings (SSSR count). The van der Waals surface area contributed by atoms with Crippen molar-refractivity contribution in [2.75, 3.05) is 0 Å². The van der Waals surface area contributed by atoms with Gasteiger partial charge in [0.25, 0.3) is 0 Å². The van der Waals surface area contributed by atoms with Gasteiger partial charge in [-0.05, 0) is 12.8 Å². The first-order valence-corrected chi connectivity index (χ1v) is 4.79. The van der Waals surface area contributed by atoms with E-state index in [1.807, 2.05) is 0 Å². The number of ketones is 1. The van der Waals surface area contributed by atoms with Gasteiger partial charge in [-0.25, -0.2) is 4.79 Å². The Morgan fingerprint density at radius 2 is 1.93 bits per heavy atom. The first-order valence-electron chi connectivity index (χ1n) is 4.79. The molecule has 3 unspecified atom stereocenters. The molecule has 2 aliphatic rings. The molecule has 2 aliphatic heterocycles. The fourth-order valence-electron chi connectivity index (χ4n) is 2.61. The van der Waals surface area contributed by atoms with Crippen molar-refractivity contribution in [1.29, 1.82) is 0 Å². The van der Waals surface area contributed by atoms with E-state index in [1.165, 1.54) is 0 Å². The van der Waals surface area contributed by atoms with Crippen LogP contribution in [-0.4, -0.2) is 45.0 Å². The van der Waals surface area contributed by atoms with E-state index in [-0.39, 0.29) is 18.2 Å². The van der Waals surface area contributed by atoms with Crippen LogP contribution in [0.15, 0.2) is 0 Å². The first-order chi connectivity index (χ1) is 7.02. The fourth-order valence-corrected chi connectivity index (χ4v) is 2.61. The van der Waals surface area contributed by atoms with Gasteiger partial charge in [-0.3, -0.25) is 9.59 Å². The van der Waals surface area contributed by atoms with Crippen molar-refractivity contribution in [3.63, 3.8) is 0 Å². The number of carbonyl (C=O) groups excluding carboxylic acids is 1. The van der Waals surface area contributed by atoms with Gasteiger partial charge in [0.2, 0.25) is 0 Å². The van der Waals surface area contributed by atoms with Crippen LogP contribution in [0.4, 0.5) is 4.79 Å². The molecule has 0 aromatic heterocycles. The predicted molar refractivity (Wildman–Crippen MR) is 47.4 cm³/mol. The van der Waals surface area contributed by atoms with Crippen molar-refractivity contribution < 1.29 is 24.6 Å². The van der Waals surface area contributed by atoms with Gasteiger partial charge in [0.15, 0.2) is 5.78 Å². The number of fused-ring (bicyclic) bond motifs is 2. The highest BCUT2D eigenvalue weighted by Gasteiger charge is 2.51. The molecule has 2 bridgehead atoms. The normalized spacial score (nSPS) is 34.3. The number of Topliss-reactive ketones (excluding diaryl/α,β-unsaturated/α-hetero) is 1. The Morgan fingerprint density at radius 1 is 1.27 bits per heavy atom. The third-order valence-electron chi connectivity index (χ3n) is 3.20. The van der Waals surface area contributed by atoms with E-state index in [0.29, 0.717) is 12.8 Å². The topological polar surface area (TPSA) is 94.9 Å². The second-order valence-electron chi connectivity index (χ2n) is 3.97. The largest absolute Gasteiger partial charge is 0.481 e. The van der Waals surface area contributed by atoms with Gasteiger partial charge in [0.1, 0.15) is 5.92 Å². The van der Waals surface area contributed by atoms with Crippen LogP contribution in [0, 0.1) is 5.92 Å². The van der Waals surface area contributed by atoms with Gasteiger partial charge < -0.3 is 15.1 Å². The molecule has 0 spiro atoms. The fraction of sp³-hybridized carbons (Fsp3) is 0.667. The highest BCUT2D eigenvalue weighted by molar-refractivity contribution is 6.01. The Morgan fingerprint density at radius 3 is 2.47 bits per heavy atom. The summed E-state index contributed by atoms with van der Waals surface area (Å²) in [6.45, 7) is 0. The number of amides is 1. The van der Waals surface area contributed by atoms with Crippen LogP contribution in [0.2, 0.25) is 0 Å². The lowest BCUT2D eigenvalue weighted by Crippen LogP contribution is -2.53. The second-order valence-corrected chi connectivity index (χ2v) is 3.97. The molecule has 2 heterocycles. The maximum atomic E-state index is 11.5. The minimum atomic E-state index is -1.21. The zero-order valence-corrected chi connectivity index (χ0v) is 7.92. The molecule has 82 valence electrons.